The summed E-state index contributed by atoms with van der Waals surface area (Å²) in [6, 6.07) is 0. The van der Waals surface area contributed by atoms with Gasteiger partial charge < -0.3 is 5.73 Å². The van der Waals surface area contributed by atoms with Gasteiger partial charge in [-0.05, 0) is 31.1 Å². The van der Waals surface area contributed by atoms with Crippen LogP contribution in [-0.4, -0.2) is 10.8 Å². The lowest BCUT2D eigenvalue weighted by atomic mass is 9.74. The van der Waals surface area contributed by atoms with E-state index >= 15 is 0 Å². The molecule has 94 valence electrons. The molecule has 2 N–H and O–H groups in total. The van der Waals surface area contributed by atoms with Crippen LogP contribution in [0.1, 0.15) is 38.8 Å². The van der Waals surface area contributed by atoms with Crippen molar-refractivity contribution in [2.45, 2.75) is 39.5 Å². The molecule has 0 spiro atoms. The zero-order chi connectivity index (χ0) is 12.4. The van der Waals surface area contributed by atoms with Gasteiger partial charge in [0.05, 0.1) is 5.69 Å². The molecular weight excluding hydrogens is 232 g/mol. The van der Waals surface area contributed by atoms with E-state index in [1.165, 1.54) is 17.8 Å². The van der Waals surface area contributed by atoms with E-state index in [1.54, 1.807) is 0 Å². The fraction of sp³-hybridized carbons (Fsp3) is 0.692. The summed E-state index contributed by atoms with van der Waals surface area (Å²) in [4.78, 5) is 16.3. The molecule has 0 radical (unpaired) electrons. The number of carbonyl (C=O) groups excluding carboxylic acids is 1. The molecule has 3 unspecified atom stereocenters. The van der Waals surface area contributed by atoms with Gasteiger partial charge in [0, 0.05) is 17.7 Å². The molecular formula is C13H20N2OS. The van der Waals surface area contributed by atoms with Crippen LogP contribution < -0.4 is 5.73 Å². The van der Waals surface area contributed by atoms with Crippen LogP contribution in [-0.2, 0) is 11.2 Å². The lowest BCUT2D eigenvalue weighted by molar-refractivity contribution is -0.124. The van der Waals surface area contributed by atoms with Crippen molar-refractivity contribution in [2.75, 3.05) is 5.73 Å². The second kappa shape index (κ2) is 5.17. The Balaban J connectivity index is 1.92. The SMILES string of the molecule is CC1CCC(C(=O)Cc2csc(N)n2)CC1C. The number of nitrogen functional groups attached to an aromatic ring is 1. The summed E-state index contributed by atoms with van der Waals surface area (Å²) in [6.45, 7) is 4.54. The minimum absolute atomic E-state index is 0.240. The molecule has 1 aliphatic rings. The molecule has 0 aliphatic heterocycles. The molecule has 17 heavy (non-hydrogen) atoms. The van der Waals surface area contributed by atoms with Gasteiger partial charge >= 0.3 is 0 Å². The molecule has 1 fully saturated rings. The summed E-state index contributed by atoms with van der Waals surface area (Å²) in [7, 11) is 0. The largest absolute Gasteiger partial charge is 0.375 e. The van der Waals surface area contributed by atoms with Gasteiger partial charge in [-0.15, -0.1) is 11.3 Å². The molecule has 1 aliphatic carbocycles. The first-order chi connectivity index (χ1) is 8.06. The van der Waals surface area contributed by atoms with Gasteiger partial charge in [0.15, 0.2) is 5.13 Å². The molecule has 3 atom stereocenters. The standard InChI is InChI=1S/C13H20N2OS/c1-8-3-4-10(5-9(8)2)12(16)6-11-7-17-13(14)15-11/h7-10H,3-6H2,1-2H3,(H2,14,15). The van der Waals surface area contributed by atoms with Crippen LogP contribution in [0.3, 0.4) is 0 Å². The Labute approximate surface area is 106 Å². The Morgan fingerprint density at radius 2 is 2.24 bits per heavy atom. The van der Waals surface area contributed by atoms with E-state index in [0.29, 0.717) is 23.3 Å². The van der Waals surface area contributed by atoms with Crippen LogP contribution in [0, 0.1) is 17.8 Å². The molecule has 1 saturated carbocycles. The second-order valence-corrected chi connectivity index (χ2v) is 6.17. The van der Waals surface area contributed by atoms with E-state index in [2.05, 4.69) is 18.8 Å². The predicted octanol–water partition coefficient (Wildman–Crippen LogP) is 2.91. The normalized spacial score (nSPS) is 29.2. The van der Waals surface area contributed by atoms with E-state index in [0.717, 1.165) is 24.5 Å². The number of carbonyl (C=O) groups is 1. The lowest BCUT2D eigenvalue weighted by Gasteiger charge is -2.31. The Morgan fingerprint density at radius 1 is 1.47 bits per heavy atom. The Hall–Kier alpha value is -0.900. The number of nitrogens with two attached hydrogens (primary N) is 1. The molecule has 1 heterocycles. The van der Waals surface area contributed by atoms with Crippen molar-refractivity contribution >= 4 is 22.3 Å². The van der Waals surface area contributed by atoms with Gasteiger partial charge in [-0.2, -0.15) is 0 Å². The van der Waals surface area contributed by atoms with Gasteiger partial charge in [-0.3, -0.25) is 4.79 Å². The molecule has 0 saturated heterocycles. The number of nitrogens with zero attached hydrogens (tertiary/aromatic N) is 1. The minimum Gasteiger partial charge on any atom is -0.375 e. The highest BCUT2D eigenvalue weighted by Gasteiger charge is 2.29. The molecule has 0 bridgehead atoms. The van der Waals surface area contributed by atoms with E-state index in [4.69, 9.17) is 5.73 Å². The third-order valence-corrected chi connectivity index (χ3v) is 4.70. The highest BCUT2D eigenvalue weighted by Crippen LogP contribution is 2.34. The average Bonchev–Trinajstić information content (AvgIpc) is 2.68. The first kappa shape index (κ1) is 12.6. The third kappa shape index (κ3) is 3.06. The molecule has 3 nitrogen and oxygen atoms in total. The highest BCUT2D eigenvalue weighted by molar-refractivity contribution is 7.13. The number of hydrogen-bond donors (Lipinski definition) is 1. The van der Waals surface area contributed by atoms with E-state index < -0.39 is 0 Å². The number of hydrogen-bond acceptors (Lipinski definition) is 4. The monoisotopic (exact) mass is 252 g/mol. The van der Waals surface area contributed by atoms with E-state index in [9.17, 15) is 4.79 Å². The first-order valence-electron chi connectivity index (χ1n) is 6.29. The Kier molecular flexibility index (Phi) is 3.82. The highest BCUT2D eigenvalue weighted by atomic mass is 32.1. The second-order valence-electron chi connectivity index (χ2n) is 5.28. The van der Waals surface area contributed by atoms with Crippen molar-refractivity contribution < 1.29 is 4.79 Å². The van der Waals surface area contributed by atoms with Gasteiger partial charge in [-0.1, -0.05) is 13.8 Å². The van der Waals surface area contributed by atoms with Crippen molar-refractivity contribution in [3.05, 3.63) is 11.1 Å². The van der Waals surface area contributed by atoms with Crippen LogP contribution >= 0.6 is 11.3 Å². The topological polar surface area (TPSA) is 56.0 Å². The number of anilines is 1. The number of ketones is 1. The maximum atomic E-state index is 12.2. The number of thiazole rings is 1. The smallest absolute Gasteiger partial charge is 0.180 e. The molecule has 4 heteroatoms. The quantitative estimate of drug-likeness (QED) is 0.900. The third-order valence-electron chi connectivity index (χ3n) is 3.98. The number of Topliss-reactive ketones (excluding diaryl/α,β-unsaturated/α-hetero) is 1. The summed E-state index contributed by atoms with van der Waals surface area (Å²) in [5, 5.41) is 2.45. The van der Waals surface area contributed by atoms with E-state index in [-0.39, 0.29) is 5.92 Å². The van der Waals surface area contributed by atoms with E-state index in [1.807, 2.05) is 5.38 Å². The number of rotatable bonds is 3. The van der Waals surface area contributed by atoms with Crippen LogP contribution in [0.5, 0.6) is 0 Å². The first-order valence-corrected chi connectivity index (χ1v) is 7.16. The minimum atomic E-state index is 0.240. The van der Waals surface area contributed by atoms with Crippen LogP contribution in [0.2, 0.25) is 0 Å². The van der Waals surface area contributed by atoms with Crippen molar-refractivity contribution in [2.24, 2.45) is 17.8 Å². The van der Waals surface area contributed by atoms with Crippen LogP contribution in [0.25, 0.3) is 0 Å². The zero-order valence-electron chi connectivity index (χ0n) is 10.5. The van der Waals surface area contributed by atoms with Gasteiger partial charge in [-0.25, -0.2) is 4.98 Å². The molecule has 1 aromatic heterocycles. The predicted molar refractivity (Wildman–Crippen MR) is 70.9 cm³/mol. The van der Waals surface area contributed by atoms with Gasteiger partial charge in [0.1, 0.15) is 5.78 Å². The maximum absolute atomic E-state index is 12.2. The van der Waals surface area contributed by atoms with Gasteiger partial charge in [0.25, 0.3) is 0 Å². The zero-order valence-corrected chi connectivity index (χ0v) is 11.3. The van der Waals surface area contributed by atoms with Crippen LogP contribution in [0.15, 0.2) is 5.38 Å². The Bertz CT molecular complexity index is 402. The summed E-state index contributed by atoms with van der Waals surface area (Å²) in [5.74, 6) is 2.00. The molecule has 2 rings (SSSR count). The summed E-state index contributed by atoms with van der Waals surface area (Å²) in [5.41, 5.74) is 6.41. The summed E-state index contributed by atoms with van der Waals surface area (Å²) >= 11 is 1.41. The molecule has 1 aromatic rings. The maximum Gasteiger partial charge on any atom is 0.180 e. The summed E-state index contributed by atoms with van der Waals surface area (Å²) < 4.78 is 0. The van der Waals surface area contributed by atoms with Crippen LogP contribution in [0.4, 0.5) is 5.13 Å². The summed E-state index contributed by atoms with van der Waals surface area (Å²) in [6.07, 6.45) is 3.72. The lowest BCUT2D eigenvalue weighted by Crippen LogP contribution is -2.27. The molecule has 0 amide bonds. The average molecular weight is 252 g/mol. The van der Waals surface area contributed by atoms with Crippen molar-refractivity contribution in [1.82, 2.24) is 4.98 Å². The van der Waals surface area contributed by atoms with Crippen molar-refractivity contribution in [3.63, 3.8) is 0 Å². The fourth-order valence-electron chi connectivity index (χ4n) is 2.57. The van der Waals surface area contributed by atoms with Crippen molar-refractivity contribution in [1.29, 1.82) is 0 Å². The van der Waals surface area contributed by atoms with Crippen molar-refractivity contribution in [3.8, 4) is 0 Å². The van der Waals surface area contributed by atoms with Gasteiger partial charge in [0.2, 0.25) is 0 Å². The fourth-order valence-corrected chi connectivity index (χ4v) is 3.13. The molecule has 0 aromatic carbocycles. The Morgan fingerprint density at radius 3 is 2.82 bits per heavy atom. The number of aromatic nitrogens is 1.